The van der Waals surface area contributed by atoms with Crippen molar-refractivity contribution in [3.63, 3.8) is 0 Å². The number of halogens is 2. The molecule has 17 heavy (non-hydrogen) atoms. The van der Waals surface area contributed by atoms with E-state index in [1.165, 1.54) is 6.07 Å². The molecule has 1 unspecified atom stereocenters. The largest absolute Gasteiger partial charge is 0.316 e. The van der Waals surface area contributed by atoms with Crippen LogP contribution in [0.2, 0.25) is 0 Å². The SMILES string of the molecule is CNC(CCc1cc(Br)ccc1F)C(C)(C)C. The van der Waals surface area contributed by atoms with Gasteiger partial charge in [-0.25, -0.2) is 4.39 Å². The Labute approximate surface area is 112 Å². The summed E-state index contributed by atoms with van der Waals surface area (Å²) in [5.41, 5.74) is 0.973. The average molecular weight is 302 g/mol. The first-order valence-electron chi connectivity index (χ1n) is 5.96. The molecule has 1 aromatic rings. The lowest BCUT2D eigenvalue weighted by atomic mass is 9.83. The highest BCUT2D eigenvalue weighted by Crippen LogP contribution is 2.24. The molecular weight excluding hydrogens is 281 g/mol. The summed E-state index contributed by atoms with van der Waals surface area (Å²) in [5.74, 6) is -0.114. The standard InChI is InChI=1S/C14H21BrFN/c1-14(2,3)13(17-4)8-5-10-9-11(15)6-7-12(10)16/h6-7,9,13,17H,5,8H2,1-4H3. The summed E-state index contributed by atoms with van der Waals surface area (Å²) in [6, 6.07) is 5.51. The van der Waals surface area contributed by atoms with Gasteiger partial charge in [-0.1, -0.05) is 36.7 Å². The molecule has 0 amide bonds. The van der Waals surface area contributed by atoms with E-state index in [1.54, 1.807) is 6.07 Å². The second kappa shape index (κ2) is 5.96. The lowest BCUT2D eigenvalue weighted by molar-refractivity contribution is 0.267. The lowest BCUT2D eigenvalue weighted by Crippen LogP contribution is -2.38. The van der Waals surface area contributed by atoms with Gasteiger partial charge in [0.05, 0.1) is 0 Å². The quantitative estimate of drug-likeness (QED) is 0.881. The van der Waals surface area contributed by atoms with Gasteiger partial charge in [-0.05, 0) is 49.1 Å². The van der Waals surface area contributed by atoms with Crippen molar-refractivity contribution in [2.24, 2.45) is 5.41 Å². The van der Waals surface area contributed by atoms with Crippen molar-refractivity contribution in [3.05, 3.63) is 34.1 Å². The van der Waals surface area contributed by atoms with Gasteiger partial charge in [-0.15, -0.1) is 0 Å². The van der Waals surface area contributed by atoms with Gasteiger partial charge in [0.15, 0.2) is 0 Å². The van der Waals surface area contributed by atoms with Gasteiger partial charge in [0.1, 0.15) is 5.82 Å². The highest BCUT2D eigenvalue weighted by molar-refractivity contribution is 9.10. The number of aryl methyl sites for hydroxylation is 1. The van der Waals surface area contributed by atoms with Gasteiger partial charge >= 0.3 is 0 Å². The topological polar surface area (TPSA) is 12.0 Å². The van der Waals surface area contributed by atoms with Crippen molar-refractivity contribution in [2.75, 3.05) is 7.05 Å². The van der Waals surface area contributed by atoms with Crippen LogP contribution >= 0.6 is 15.9 Å². The third-order valence-electron chi connectivity index (χ3n) is 3.10. The summed E-state index contributed by atoms with van der Waals surface area (Å²) < 4.78 is 14.5. The Morgan fingerprint density at radius 2 is 2.00 bits per heavy atom. The van der Waals surface area contributed by atoms with Crippen LogP contribution in [-0.4, -0.2) is 13.1 Å². The molecule has 0 aliphatic rings. The number of benzene rings is 1. The molecule has 0 aromatic heterocycles. The third kappa shape index (κ3) is 4.40. The molecule has 0 saturated carbocycles. The molecule has 96 valence electrons. The Bertz CT molecular complexity index is 371. The normalized spacial score (nSPS) is 13.8. The Kier molecular flexibility index (Phi) is 5.14. The molecule has 1 N–H and O–H groups in total. The van der Waals surface area contributed by atoms with E-state index < -0.39 is 0 Å². The molecule has 0 spiro atoms. The zero-order valence-electron chi connectivity index (χ0n) is 11.0. The summed E-state index contributed by atoms with van der Waals surface area (Å²) in [4.78, 5) is 0. The van der Waals surface area contributed by atoms with E-state index in [-0.39, 0.29) is 11.2 Å². The van der Waals surface area contributed by atoms with Crippen molar-refractivity contribution in [2.45, 2.75) is 39.7 Å². The van der Waals surface area contributed by atoms with Crippen molar-refractivity contribution < 1.29 is 4.39 Å². The molecule has 0 bridgehead atoms. The smallest absolute Gasteiger partial charge is 0.126 e. The second-order valence-corrected chi connectivity index (χ2v) is 6.40. The maximum Gasteiger partial charge on any atom is 0.126 e. The Morgan fingerprint density at radius 3 is 2.53 bits per heavy atom. The average Bonchev–Trinajstić information content (AvgIpc) is 2.22. The minimum Gasteiger partial charge on any atom is -0.316 e. The van der Waals surface area contributed by atoms with Crippen LogP contribution in [0.4, 0.5) is 4.39 Å². The predicted octanol–water partition coefficient (Wildman–Crippen LogP) is 4.15. The fourth-order valence-electron chi connectivity index (χ4n) is 2.05. The summed E-state index contributed by atoms with van der Waals surface area (Å²) in [6.45, 7) is 6.60. The van der Waals surface area contributed by atoms with Crippen LogP contribution in [0.15, 0.2) is 22.7 Å². The van der Waals surface area contributed by atoms with Crippen LogP contribution in [0.5, 0.6) is 0 Å². The van der Waals surface area contributed by atoms with Gasteiger partial charge in [0.25, 0.3) is 0 Å². The highest BCUT2D eigenvalue weighted by atomic mass is 79.9. The van der Waals surface area contributed by atoms with Crippen LogP contribution in [0.1, 0.15) is 32.8 Å². The van der Waals surface area contributed by atoms with E-state index in [9.17, 15) is 4.39 Å². The molecule has 0 fully saturated rings. The molecular formula is C14H21BrFN. The molecule has 0 aliphatic heterocycles. The van der Waals surface area contributed by atoms with Gasteiger partial charge in [-0.3, -0.25) is 0 Å². The Hall–Kier alpha value is -0.410. The van der Waals surface area contributed by atoms with E-state index in [1.807, 2.05) is 13.1 Å². The van der Waals surface area contributed by atoms with Crippen LogP contribution in [0, 0.1) is 11.2 Å². The first kappa shape index (κ1) is 14.7. The van der Waals surface area contributed by atoms with Crippen molar-refractivity contribution >= 4 is 15.9 Å². The van der Waals surface area contributed by atoms with Gasteiger partial charge < -0.3 is 5.32 Å². The Morgan fingerprint density at radius 1 is 1.35 bits per heavy atom. The van der Waals surface area contributed by atoms with E-state index in [2.05, 4.69) is 42.0 Å². The fourth-order valence-corrected chi connectivity index (χ4v) is 2.45. The lowest BCUT2D eigenvalue weighted by Gasteiger charge is -2.30. The minimum absolute atomic E-state index is 0.114. The molecule has 0 aliphatic carbocycles. The molecule has 1 aromatic carbocycles. The molecule has 0 radical (unpaired) electrons. The summed E-state index contributed by atoms with van der Waals surface area (Å²) in [6.07, 6.45) is 1.70. The fraction of sp³-hybridized carbons (Fsp3) is 0.571. The van der Waals surface area contributed by atoms with Crippen LogP contribution < -0.4 is 5.32 Å². The summed E-state index contributed by atoms with van der Waals surface area (Å²) in [7, 11) is 1.97. The first-order valence-corrected chi connectivity index (χ1v) is 6.75. The van der Waals surface area contributed by atoms with Crippen molar-refractivity contribution in [1.29, 1.82) is 0 Å². The molecule has 1 rings (SSSR count). The number of hydrogen-bond donors (Lipinski definition) is 1. The third-order valence-corrected chi connectivity index (χ3v) is 3.60. The minimum atomic E-state index is -0.114. The summed E-state index contributed by atoms with van der Waals surface area (Å²) >= 11 is 3.38. The van der Waals surface area contributed by atoms with Crippen LogP contribution in [0.25, 0.3) is 0 Å². The van der Waals surface area contributed by atoms with Gasteiger partial charge in [0, 0.05) is 10.5 Å². The number of rotatable bonds is 4. The van der Waals surface area contributed by atoms with E-state index in [0.29, 0.717) is 6.04 Å². The maximum absolute atomic E-state index is 13.6. The Balaban J connectivity index is 2.69. The number of hydrogen-bond acceptors (Lipinski definition) is 1. The van der Waals surface area contributed by atoms with E-state index >= 15 is 0 Å². The first-order chi connectivity index (χ1) is 7.84. The molecule has 1 atom stereocenters. The molecule has 0 saturated heterocycles. The molecule has 1 nitrogen and oxygen atoms in total. The number of nitrogens with one attached hydrogen (secondary N) is 1. The monoisotopic (exact) mass is 301 g/mol. The molecule has 0 heterocycles. The van der Waals surface area contributed by atoms with Crippen molar-refractivity contribution in [3.8, 4) is 0 Å². The summed E-state index contributed by atoms with van der Waals surface area (Å²) in [5, 5.41) is 3.31. The maximum atomic E-state index is 13.6. The van der Waals surface area contributed by atoms with E-state index in [0.717, 1.165) is 22.9 Å². The predicted molar refractivity (Wildman–Crippen MR) is 74.7 cm³/mol. The molecule has 3 heteroatoms. The van der Waals surface area contributed by atoms with Crippen molar-refractivity contribution in [1.82, 2.24) is 5.32 Å². The van der Waals surface area contributed by atoms with E-state index in [4.69, 9.17) is 0 Å². The zero-order valence-corrected chi connectivity index (χ0v) is 12.6. The second-order valence-electron chi connectivity index (χ2n) is 5.48. The highest BCUT2D eigenvalue weighted by Gasteiger charge is 2.22. The van der Waals surface area contributed by atoms with Crippen LogP contribution in [-0.2, 0) is 6.42 Å². The van der Waals surface area contributed by atoms with Gasteiger partial charge in [0.2, 0.25) is 0 Å². The van der Waals surface area contributed by atoms with Gasteiger partial charge in [-0.2, -0.15) is 0 Å². The van der Waals surface area contributed by atoms with Crippen LogP contribution in [0.3, 0.4) is 0 Å². The zero-order chi connectivity index (χ0) is 13.1.